The van der Waals surface area contributed by atoms with Crippen molar-refractivity contribution >= 4 is 38.5 Å². The lowest BCUT2D eigenvalue weighted by atomic mass is 9.98. The van der Waals surface area contributed by atoms with Gasteiger partial charge in [0.2, 0.25) is 10.0 Å². The number of sulfonamides is 1. The Hall–Kier alpha value is -5.38. The van der Waals surface area contributed by atoms with E-state index in [0.717, 1.165) is 5.69 Å². The highest BCUT2D eigenvalue weighted by molar-refractivity contribution is 7.89. The number of allylic oxidation sites excluding steroid dienone is 1. The number of para-hydroxylation sites is 2. The average molecular weight is 635 g/mol. The molecule has 1 aliphatic heterocycles. The summed E-state index contributed by atoms with van der Waals surface area (Å²) in [7, 11) is -3.88. The molecule has 0 amide bonds. The van der Waals surface area contributed by atoms with E-state index in [4.69, 9.17) is 9.84 Å². The Morgan fingerprint density at radius 2 is 1.80 bits per heavy atom. The summed E-state index contributed by atoms with van der Waals surface area (Å²) in [6, 6.07) is 24.9. The molecule has 11 nitrogen and oxygen atoms in total. The normalized spacial score (nSPS) is 14.7. The van der Waals surface area contributed by atoms with Crippen LogP contribution in [0.4, 0.5) is 0 Å². The zero-order valence-corrected chi connectivity index (χ0v) is 25.8. The number of aromatic nitrogens is 4. The monoisotopic (exact) mass is 634 g/mol. The van der Waals surface area contributed by atoms with Crippen molar-refractivity contribution in [1.82, 2.24) is 24.1 Å². The number of ether oxygens (including phenoxy) is 1. The van der Waals surface area contributed by atoms with Crippen molar-refractivity contribution in [2.45, 2.75) is 24.7 Å². The molecule has 0 spiro atoms. The summed E-state index contributed by atoms with van der Waals surface area (Å²) in [6.07, 6.45) is 4.09. The average Bonchev–Trinajstić information content (AvgIpc) is 3.52. The molecule has 1 fully saturated rings. The van der Waals surface area contributed by atoms with Crippen LogP contribution in [0.15, 0.2) is 94.7 Å². The van der Waals surface area contributed by atoms with Gasteiger partial charge in [-0.1, -0.05) is 42.5 Å². The minimum absolute atomic E-state index is 0.0878. The SMILES string of the molecule is CCOC(=O)C1CCN(S(=O)(=O)c2cccc(-c3nn(-c4ccccc4)cc3/C=C(\C#N)c3nc4ccccc4c(=O)[nH]3)c2)CC1. The highest BCUT2D eigenvalue weighted by atomic mass is 32.2. The number of H-pyrrole nitrogens is 1. The third kappa shape index (κ3) is 6.10. The number of nitrogens with one attached hydrogen (secondary N) is 1. The van der Waals surface area contributed by atoms with Gasteiger partial charge in [-0.3, -0.25) is 9.59 Å². The van der Waals surface area contributed by atoms with Crippen LogP contribution in [-0.2, 0) is 19.6 Å². The molecule has 0 saturated carbocycles. The van der Waals surface area contributed by atoms with E-state index in [1.165, 1.54) is 10.4 Å². The molecule has 0 atom stereocenters. The zero-order chi connectivity index (χ0) is 32.3. The molecule has 1 N–H and O–H groups in total. The largest absolute Gasteiger partial charge is 0.466 e. The minimum Gasteiger partial charge on any atom is -0.466 e. The molecule has 1 aliphatic rings. The Balaban J connectivity index is 1.39. The van der Waals surface area contributed by atoms with E-state index < -0.39 is 10.0 Å². The van der Waals surface area contributed by atoms with Crippen LogP contribution < -0.4 is 5.56 Å². The Labute approximate surface area is 265 Å². The highest BCUT2D eigenvalue weighted by Crippen LogP contribution is 2.31. The molecule has 0 bridgehead atoms. The predicted octanol–water partition coefficient (Wildman–Crippen LogP) is 4.80. The Morgan fingerprint density at radius 1 is 1.07 bits per heavy atom. The van der Waals surface area contributed by atoms with Crippen LogP contribution in [0.1, 0.15) is 31.2 Å². The Kier molecular flexibility index (Phi) is 8.61. The summed E-state index contributed by atoms with van der Waals surface area (Å²) in [4.78, 5) is 32.2. The lowest BCUT2D eigenvalue weighted by molar-refractivity contribution is -0.149. The Morgan fingerprint density at radius 3 is 2.54 bits per heavy atom. The number of nitriles is 1. The van der Waals surface area contributed by atoms with E-state index in [-0.39, 0.29) is 53.4 Å². The van der Waals surface area contributed by atoms with Crippen LogP contribution in [0, 0.1) is 17.2 Å². The van der Waals surface area contributed by atoms with Crippen LogP contribution in [-0.4, -0.2) is 58.1 Å². The first-order chi connectivity index (χ1) is 22.3. The second-order valence-corrected chi connectivity index (χ2v) is 12.7. The van der Waals surface area contributed by atoms with Crippen LogP contribution in [0.25, 0.3) is 39.5 Å². The summed E-state index contributed by atoms with van der Waals surface area (Å²) in [5.74, 6) is -0.515. The molecule has 12 heteroatoms. The van der Waals surface area contributed by atoms with Crippen LogP contribution in [0.5, 0.6) is 0 Å². The fraction of sp³-hybridized carbons (Fsp3) is 0.206. The molecule has 0 unspecified atom stereocenters. The van der Waals surface area contributed by atoms with Gasteiger partial charge in [-0.2, -0.15) is 14.7 Å². The van der Waals surface area contributed by atoms with E-state index in [1.807, 2.05) is 30.3 Å². The number of carbonyl (C=O) groups excluding carboxylic acids is 1. The van der Waals surface area contributed by atoms with E-state index in [9.17, 15) is 23.3 Å². The zero-order valence-electron chi connectivity index (χ0n) is 25.0. The van der Waals surface area contributed by atoms with Gasteiger partial charge in [0.25, 0.3) is 5.56 Å². The molecule has 232 valence electrons. The molecular weight excluding hydrogens is 604 g/mol. The van der Waals surface area contributed by atoms with Gasteiger partial charge >= 0.3 is 5.97 Å². The number of aromatic amines is 1. The standard InChI is InChI=1S/C34H30N6O5S/c1-2-45-34(42)23-15-17-39(18-16-23)46(43,44)28-12-8-9-24(20-28)31-26(22-40(38-31)27-10-4-3-5-11-27)19-25(21-35)32-36-30-14-7-6-13-29(30)33(41)37-32/h3-14,19-20,22-23H,2,15-18H2,1H3,(H,36,37,41)/b25-19+. The molecule has 3 aromatic carbocycles. The number of nitrogens with zero attached hydrogens (tertiary/aromatic N) is 5. The molecule has 2 aromatic heterocycles. The quantitative estimate of drug-likeness (QED) is 0.189. The molecule has 5 aromatic rings. The number of rotatable bonds is 8. The number of esters is 1. The second kappa shape index (κ2) is 12.9. The first kappa shape index (κ1) is 30.6. The van der Waals surface area contributed by atoms with Crippen molar-refractivity contribution in [2.75, 3.05) is 19.7 Å². The number of benzene rings is 3. The lowest BCUT2D eigenvalue weighted by Gasteiger charge is -2.30. The van der Waals surface area contributed by atoms with Crippen LogP contribution in [0.2, 0.25) is 0 Å². The fourth-order valence-electron chi connectivity index (χ4n) is 5.50. The highest BCUT2D eigenvalue weighted by Gasteiger charge is 2.33. The summed E-state index contributed by atoms with van der Waals surface area (Å²) >= 11 is 0. The number of piperidine rings is 1. The van der Waals surface area contributed by atoms with Crippen molar-refractivity contribution in [1.29, 1.82) is 5.26 Å². The maximum Gasteiger partial charge on any atom is 0.309 e. The smallest absolute Gasteiger partial charge is 0.309 e. The molecular formula is C34H30N6O5S. The molecule has 0 aliphatic carbocycles. The van der Waals surface area contributed by atoms with Gasteiger partial charge in [0.1, 0.15) is 11.8 Å². The van der Waals surface area contributed by atoms with Gasteiger partial charge in [-0.25, -0.2) is 18.1 Å². The van der Waals surface area contributed by atoms with E-state index in [0.29, 0.717) is 40.6 Å². The Bertz CT molecular complexity index is 2160. The third-order valence-corrected chi connectivity index (χ3v) is 9.77. The van der Waals surface area contributed by atoms with Crippen LogP contribution >= 0.6 is 0 Å². The first-order valence-corrected chi connectivity index (χ1v) is 16.3. The van der Waals surface area contributed by atoms with E-state index in [1.54, 1.807) is 66.3 Å². The van der Waals surface area contributed by atoms with Gasteiger partial charge in [-0.05, 0) is 62.2 Å². The van der Waals surface area contributed by atoms with Crippen molar-refractivity contribution in [2.24, 2.45) is 5.92 Å². The van der Waals surface area contributed by atoms with Gasteiger partial charge in [0.05, 0.1) is 39.6 Å². The topological polar surface area (TPSA) is 151 Å². The van der Waals surface area contributed by atoms with Crippen molar-refractivity contribution in [3.8, 4) is 23.0 Å². The van der Waals surface area contributed by atoms with Gasteiger partial charge in [-0.15, -0.1) is 0 Å². The van der Waals surface area contributed by atoms with Crippen molar-refractivity contribution < 1.29 is 17.9 Å². The first-order valence-electron chi connectivity index (χ1n) is 14.8. The van der Waals surface area contributed by atoms with Gasteiger partial charge < -0.3 is 9.72 Å². The molecule has 6 rings (SSSR count). The molecule has 46 heavy (non-hydrogen) atoms. The van der Waals surface area contributed by atoms with E-state index in [2.05, 4.69) is 16.0 Å². The van der Waals surface area contributed by atoms with Gasteiger partial charge in [0.15, 0.2) is 5.82 Å². The number of fused-ring (bicyclic) bond motifs is 1. The van der Waals surface area contributed by atoms with Crippen LogP contribution in [0.3, 0.4) is 0 Å². The van der Waals surface area contributed by atoms with Crippen molar-refractivity contribution in [3.63, 3.8) is 0 Å². The maximum atomic E-state index is 13.7. The van der Waals surface area contributed by atoms with Gasteiger partial charge in [0, 0.05) is 30.4 Å². The second-order valence-electron chi connectivity index (χ2n) is 10.8. The molecule has 0 radical (unpaired) electrons. The molecule has 1 saturated heterocycles. The maximum absolute atomic E-state index is 13.7. The summed E-state index contributed by atoms with van der Waals surface area (Å²) in [5.41, 5.74) is 2.40. The number of hydrogen-bond donors (Lipinski definition) is 1. The van der Waals surface area contributed by atoms with E-state index >= 15 is 0 Å². The predicted molar refractivity (Wildman–Crippen MR) is 173 cm³/mol. The summed E-state index contributed by atoms with van der Waals surface area (Å²) in [6.45, 7) is 2.44. The molecule has 3 heterocycles. The van der Waals surface area contributed by atoms with Crippen molar-refractivity contribution in [3.05, 3.63) is 107 Å². The summed E-state index contributed by atoms with van der Waals surface area (Å²) < 4.78 is 35.6. The number of hydrogen-bond acceptors (Lipinski definition) is 8. The number of carbonyl (C=O) groups is 1. The third-order valence-electron chi connectivity index (χ3n) is 7.87. The lowest BCUT2D eigenvalue weighted by Crippen LogP contribution is -2.40. The summed E-state index contributed by atoms with van der Waals surface area (Å²) in [5, 5.41) is 15.3. The minimum atomic E-state index is -3.88. The fourth-order valence-corrected chi connectivity index (χ4v) is 7.01.